The second-order valence-corrected chi connectivity index (χ2v) is 5.54. The van der Waals surface area contributed by atoms with E-state index >= 15 is 0 Å². The Balaban J connectivity index is 1.93. The highest BCUT2D eigenvalue weighted by molar-refractivity contribution is 6.10. The molecule has 19 heavy (non-hydrogen) atoms. The van der Waals surface area contributed by atoms with Crippen LogP contribution in [0.5, 0.6) is 0 Å². The van der Waals surface area contributed by atoms with Gasteiger partial charge in [0.1, 0.15) is 0 Å². The molecule has 1 aromatic carbocycles. The fourth-order valence-electron chi connectivity index (χ4n) is 3.06. The topological polar surface area (TPSA) is 15.6 Å². The van der Waals surface area contributed by atoms with Crippen molar-refractivity contribution in [2.75, 3.05) is 20.1 Å². The third-order valence-electron chi connectivity index (χ3n) is 4.26. The maximum atomic E-state index is 5.04. The Bertz CT molecular complexity index is 529. The first-order valence-electron chi connectivity index (χ1n) is 6.89. The highest BCUT2D eigenvalue weighted by atomic mass is 15.1. The molecule has 98 valence electrons. The number of rotatable bonds is 2. The molecule has 0 aromatic heterocycles. The van der Waals surface area contributed by atoms with Crippen LogP contribution < -0.4 is 0 Å². The molecule has 1 saturated heterocycles. The van der Waals surface area contributed by atoms with Gasteiger partial charge in [0.15, 0.2) is 0 Å². The Morgan fingerprint density at radius 3 is 2.89 bits per heavy atom. The van der Waals surface area contributed by atoms with E-state index in [1.54, 1.807) is 0 Å². The molecule has 0 saturated carbocycles. The van der Waals surface area contributed by atoms with Crippen LogP contribution in [0.15, 0.2) is 60.1 Å². The zero-order valence-corrected chi connectivity index (χ0v) is 11.4. The van der Waals surface area contributed by atoms with Gasteiger partial charge in [0.25, 0.3) is 0 Å². The number of nitrogens with zero attached hydrogens (tertiary/aromatic N) is 2. The van der Waals surface area contributed by atoms with Crippen molar-refractivity contribution in [1.82, 2.24) is 4.90 Å². The fourth-order valence-corrected chi connectivity index (χ4v) is 3.06. The average Bonchev–Trinajstić information content (AvgIpc) is 2.88. The molecule has 0 amide bonds. The van der Waals surface area contributed by atoms with Crippen molar-refractivity contribution >= 4 is 5.71 Å². The smallest absolute Gasteiger partial charge is 0.0885 e. The second kappa shape index (κ2) is 4.78. The van der Waals surface area contributed by atoms with Gasteiger partial charge >= 0.3 is 0 Å². The van der Waals surface area contributed by atoms with Crippen LogP contribution in [-0.2, 0) is 0 Å². The maximum Gasteiger partial charge on any atom is 0.0885 e. The van der Waals surface area contributed by atoms with E-state index < -0.39 is 0 Å². The number of aliphatic imine (C=N–C) groups is 1. The first kappa shape index (κ1) is 12.4. The molecule has 1 spiro atoms. The molecule has 0 radical (unpaired) electrons. The molecule has 2 atom stereocenters. The van der Waals surface area contributed by atoms with Crippen molar-refractivity contribution in [3.8, 4) is 0 Å². The second-order valence-electron chi connectivity index (χ2n) is 5.54. The molecule has 3 rings (SSSR count). The van der Waals surface area contributed by atoms with Crippen molar-refractivity contribution in [2.24, 2.45) is 10.9 Å². The van der Waals surface area contributed by atoms with Gasteiger partial charge in [0, 0.05) is 19.0 Å². The van der Waals surface area contributed by atoms with Crippen molar-refractivity contribution in [3.63, 3.8) is 0 Å². The number of piperidine rings is 1. The first-order valence-corrected chi connectivity index (χ1v) is 6.89. The van der Waals surface area contributed by atoms with E-state index in [2.05, 4.69) is 61.0 Å². The van der Waals surface area contributed by atoms with E-state index in [0.717, 1.165) is 25.2 Å². The van der Waals surface area contributed by atoms with Gasteiger partial charge in [-0.3, -0.25) is 4.99 Å². The molecule has 2 nitrogen and oxygen atoms in total. The molecule has 2 heterocycles. The van der Waals surface area contributed by atoms with E-state index in [1.165, 1.54) is 5.56 Å². The molecular weight excluding hydrogens is 232 g/mol. The van der Waals surface area contributed by atoms with E-state index in [0.29, 0.717) is 5.92 Å². The van der Waals surface area contributed by atoms with Crippen LogP contribution in [0, 0.1) is 5.92 Å². The van der Waals surface area contributed by atoms with Gasteiger partial charge in [-0.15, -0.1) is 6.58 Å². The summed E-state index contributed by atoms with van der Waals surface area (Å²) in [6.45, 7) is 6.14. The summed E-state index contributed by atoms with van der Waals surface area (Å²) in [6.07, 6.45) is 7.61. The Morgan fingerprint density at radius 2 is 2.16 bits per heavy atom. The monoisotopic (exact) mass is 252 g/mol. The number of benzene rings is 1. The van der Waals surface area contributed by atoms with Gasteiger partial charge in [-0.2, -0.15) is 0 Å². The van der Waals surface area contributed by atoms with E-state index in [4.69, 9.17) is 4.99 Å². The quantitative estimate of drug-likeness (QED) is 0.739. The molecule has 2 aliphatic rings. The lowest BCUT2D eigenvalue weighted by molar-refractivity contribution is 0.177. The molecule has 1 aromatic rings. The van der Waals surface area contributed by atoms with Gasteiger partial charge in [-0.1, -0.05) is 42.5 Å². The minimum absolute atomic E-state index is 0.0561. The van der Waals surface area contributed by atoms with Crippen molar-refractivity contribution in [1.29, 1.82) is 0 Å². The minimum Gasteiger partial charge on any atom is -0.306 e. The third kappa shape index (κ3) is 2.17. The van der Waals surface area contributed by atoms with E-state index in [1.807, 2.05) is 6.07 Å². The minimum atomic E-state index is -0.0561. The van der Waals surface area contributed by atoms with Crippen LogP contribution in [0.25, 0.3) is 0 Å². The Kier molecular flexibility index (Phi) is 3.11. The zero-order valence-electron chi connectivity index (χ0n) is 11.4. The summed E-state index contributed by atoms with van der Waals surface area (Å²) in [4.78, 5) is 7.41. The van der Waals surface area contributed by atoms with Crippen LogP contribution in [0.2, 0.25) is 0 Å². The van der Waals surface area contributed by atoms with Crippen LogP contribution in [0.4, 0.5) is 0 Å². The number of likely N-dealkylation sites (tertiary alicyclic amines) is 1. The predicted octanol–water partition coefficient (Wildman–Crippen LogP) is 2.92. The molecule has 0 aliphatic carbocycles. The van der Waals surface area contributed by atoms with Crippen LogP contribution >= 0.6 is 0 Å². The third-order valence-corrected chi connectivity index (χ3v) is 4.26. The lowest BCUT2D eigenvalue weighted by atomic mass is 9.79. The predicted molar refractivity (Wildman–Crippen MR) is 80.7 cm³/mol. The summed E-state index contributed by atoms with van der Waals surface area (Å²) in [6, 6.07) is 10.4. The lowest BCUT2D eigenvalue weighted by Crippen LogP contribution is -2.47. The largest absolute Gasteiger partial charge is 0.306 e. The van der Waals surface area contributed by atoms with Gasteiger partial charge in [-0.05, 0) is 25.1 Å². The molecule has 1 fully saturated rings. The number of hydrogen-bond donors (Lipinski definition) is 0. The summed E-state index contributed by atoms with van der Waals surface area (Å²) in [5, 5.41) is 0. The maximum absolute atomic E-state index is 5.04. The Hall–Kier alpha value is -1.67. The summed E-state index contributed by atoms with van der Waals surface area (Å²) in [7, 11) is 2.17. The first-order chi connectivity index (χ1) is 9.23. The summed E-state index contributed by atoms with van der Waals surface area (Å²) < 4.78 is 0. The van der Waals surface area contributed by atoms with Crippen LogP contribution in [-0.4, -0.2) is 36.3 Å². The SMILES string of the molecule is C=C[C@H]1CN(C)CC[C@@]12C=CC(c1ccccc1)=N2. The zero-order chi connectivity index (χ0) is 13.3. The fraction of sp³-hybridized carbons (Fsp3) is 0.353. The molecule has 0 bridgehead atoms. The number of allylic oxidation sites excluding steroid dienone is 1. The van der Waals surface area contributed by atoms with Crippen LogP contribution in [0.1, 0.15) is 12.0 Å². The lowest BCUT2D eigenvalue weighted by Gasteiger charge is -2.40. The van der Waals surface area contributed by atoms with Gasteiger partial charge in [0.05, 0.1) is 11.3 Å². The highest BCUT2D eigenvalue weighted by Gasteiger charge is 2.40. The normalized spacial score (nSPS) is 30.6. The van der Waals surface area contributed by atoms with Crippen molar-refractivity contribution < 1.29 is 0 Å². The molecular formula is C17H20N2. The van der Waals surface area contributed by atoms with Crippen molar-refractivity contribution in [2.45, 2.75) is 12.0 Å². The standard InChI is InChI=1S/C17H20N2/c1-3-15-13-19(2)12-11-17(15)10-9-16(18-17)14-7-5-4-6-8-14/h3-10,15H,1,11-13H2,2H3/t15-,17-/m0/s1. The summed E-state index contributed by atoms with van der Waals surface area (Å²) in [5.41, 5.74) is 2.26. The van der Waals surface area contributed by atoms with Gasteiger partial charge < -0.3 is 4.90 Å². The Morgan fingerprint density at radius 1 is 1.37 bits per heavy atom. The van der Waals surface area contributed by atoms with Gasteiger partial charge in [-0.25, -0.2) is 0 Å². The Labute approximate surface area is 115 Å². The van der Waals surface area contributed by atoms with E-state index in [9.17, 15) is 0 Å². The summed E-state index contributed by atoms with van der Waals surface area (Å²) in [5.74, 6) is 0.406. The van der Waals surface area contributed by atoms with Crippen molar-refractivity contribution in [3.05, 3.63) is 60.7 Å². The molecule has 2 heteroatoms. The molecule has 0 N–H and O–H groups in total. The molecule has 0 unspecified atom stereocenters. The van der Waals surface area contributed by atoms with Gasteiger partial charge in [0.2, 0.25) is 0 Å². The summed E-state index contributed by atoms with van der Waals surface area (Å²) >= 11 is 0. The van der Waals surface area contributed by atoms with E-state index in [-0.39, 0.29) is 5.54 Å². The molecule has 2 aliphatic heterocycles. The van der Waals surface area contributed by atoms with Crippen LogP contribution in [0.3, 0.4) is 0 Å². The number of hydrogen-bond acceptors (Lipinski definition) is 2. The average molecular weight is 252 g/mol. The highest BCUT2D eigenvalue weighted by Crippen LogP contribution is 2.37.